The van der Waals surface area contributed by atoms with Gasteiger partial charge in [0.15, 0.2) is 11.5 Å². The monoisotopic (exact) mass is 456 g/mol. The van der Waals surface area contributed by atoms with Crippen molar-refractivity contribution in [2.45, 2.75) is 5.92 Å². The third-order valence-electron chi connectivity index (χ3n) is 6.58. The molecule has 1 aliphatic heterocycles. The molecule has 0 N–H and O–H groups in total. The van der Waals surface area contributed by atoms with E-state index in [1.165, 1.54) is 0 Å². The van der Waals surface area contributed by atoms with Gasteiger partial charge in [0.05, 0.1) is 12.7 Å². The van der Waals surface area contributed by atoms with Crippen molar-refractivity contribution in [3.63, 3.8) is 0 Å². The lowest BCUT2D eigenvalue weighted by Gasteiger charge is -2.28. The highest BCUT2D eigenvalue weighted by Gasteiger charge is 2.34. The Morgan fingerprint density at radius 2 is 1.66 bits per heavy atom. The van der Waals surface area contributed by atoms with E-state index in [1.807, 2.05) is 54.6 Å². The first-order chi connectivity index (χ1) is 17.3. The fourth-order valence-electron chi connectivity index (χ4n) is 4.90. The lowest BCUT2D eigenvalue weighted by atomic mass is 9.83. The van der Waals surface area contributed by atoms with E-state index < -0.39 is 0 Å². The van der Waals surface area contributed by atoms with E-state index in [9.17, 15) is 0 Å². The zero-order valence-corrected chi connectivity index (χ0v) is 18.9. The Hall–Kier alpha value is -4.71. The summed E-state index contributed by atoms with van der Waals surface area (Å²) in [6.45, 7) is 0. The van der Waals surface area contributed by atoms with Crippen molar-refractivity contribution < 1.29 is 9.47 Å². The molecule has 2 aromatic heterocycles. The van der Waals surface area contributed by atoms with Crippen molar-refractivity contribution in [2.75, 3.05) is 7.11 Å². The number of benzene rings is 4. The van der Waals surface area contributed by atoms with Crippen LogP contribution in [-0.2, 0) is 0 Å². The van der Waals surface area contributed by atoms with Gasteiger partial charge in [-0.2, -0.15) is 0 Å². The van der Waals surface area contributed by atoms with Gasteiger partial charge in [-0.05, 0) is 23.1 Å². The average molecular weight is 457 g/mol. The summed E-state index contributed by atoms with van der Waals surface area (Å²) < 4.78 is 13.6. The number of rotatable bonds is 3. The summed E-state index contributed by atoms with van der Waals surface area (Å²) in [4.78, 5) is 9.63. The molecule has 7 rings (SSSR count). The van der Waals surface area contributed by atoms with Crippen molar-refractivity contribution in [1.29, 1.82) is 0 Å². The molecule has 0 amide bonds. The molecule has 0 saturated carbocycles. The van der Waals surface area contributed by atoms with Gasteiger partial charge in [-0.1, -0.05) is 78.9 Å². The van der Waals surface area contributed by atoms with Crippen LogP contribution in [0, 0.1) is 0 Å². The predicted octanol–water partition coefficient (Wildman–Crippen LogP) is 6.24. The quantitative estimate of drug-likeness (QED) is 0.315. The van der Waals surface area contributed by atoms with Gasteiger partial charge in [0.25, 0.3) is 0 Å². The van der Waals surface area contributed by atoms with Gasteiger partial charge in [0.1, 0.15) is 17.8 Å². The first-order valence-corrected chi connectivity index (χ1v) is 11.4. The van der Waals surface area contributed by atoms with Crippen molar-refractivity contribution in [3.05, 3.63) is 114 Å². The van der Waals surface area contributed by atoms with Crippen LogP contribution in [0.3, 0.4) is 0 Å². The molecular formula is C29H20N4O2. The Labute approximate surface area is 201 Å². The van der Waals surface area contributed by atoms with Crippen molar-refractivity contribution in [3.8, 4) is 28.8 Å². The number of methoxy groups -OCH3 is 1. The Bertz CT molecular complexity index is 1710. The molecule has 168 valence electrons. The van der Waals surface area contributed by atoms with Gasteiger partial charge in [-0.25, -0.2) is 14.5 Å². The zero-order chi connectivity index (χ0) is 23.4. The molecule has 1 atom stereocenters. The molecule has 6 heteroatoms. The second-order valence-corrected chi connectivity index (χ2v) is 8.55. The number of hydrogen-bond donors (Lipinski definition) is 0. The fraction of sp³-hybridized carbons (Fsp3) is 0.0690. The minimum absolute atomic E-state index is 0.131. The van der Waals surface area contributed by atoms with Crippen LogP contribution >= 0.6 is 0 Å². The van der Waals surface area contributed by atoms with E-state index >= 15 is 0 Å². The molecule has 0 unspecified atom stereocenters. The Morgan fingerprint density at radius 1 is 0.857 bits per heavy atom. The number of fused-ring (bicyclic) bond motifs is 6. The maximum atomic E-state index is 6.49. The molecular weight excluding hydrogens is 436 g/mol. The lowest BCUT2D eigenvalue weighted by Crippen LogP contribution is -2.15. The third kappa shape index (κ3) is 3.07. The first-order valence-electron chi connectivity index (χ1n) is 11.4. The second-order valence-electron chi connectivity index (χ2n) is 8.55. The summed E-state index contributed by atoms with van der Waals surface area (Å²) in [7, 11) is 1.68. The predicted molar refractivity (Wildman–Crippen MR) is 134 cm³/mol. The van der Waals surface area contributed by atoms with Gasteiger partial charge in [0, 0.05) is 22.4 Å². The first kappa shape index (κ1) is 19.7. The maximum absolute atomic E-state index is 6.49. The molecule has 3 heterocycles. The number of nitrogens with zero attached hydrogens (tertiary/aromatic N) is 4. The van der Waals surface area contributed by atoms with Crippen LogP contribution in [0.5, 0.6) is 17.4 Å². The SMILES string of the molecule is COc1ccc([C@@H]2c3ccc4ccccc4c3Oc3ncn4nc(-c5ccccc5)nc4c32)cc1. The summed E-state index contributed by atoms with van der Waals surface area (Å²) >= 11 is 0. The second kappa shape index (κ2) is 7.67. The summed E-state index contributed by atoms with van der Waals surface area (Å²) in [6.07, 6.45) is 1.68. The summed E-state index contributed by atoms with van der Waals surface area (Å²) in [5, 5.41) is 6.90. The van der Waals surface area contributed by atoms with E-state index in [0.717, 1.165) is 50.2 Å². The van der Waals surface area contributed by atoms with Crippen molar-refractivity contribution >= 4 is 16.4 Å². The summed E-state index contributed by atoms with van der Waals surface area (Å²) in [6, 6.07) is 30.7. The molecule has 6 nitrogen and oxygen atoms in total. The topological polar surface area (TPSA) is 61.5 Å². The normalized spacial score (nSPS) is 14.4. The van der Waals surface area contributed by atoms with Crippen LogP contribution in [0.15, 0.2) is 97.3 Å². The average Bonchev–Trinajstić information content (AvgIpc) is 3.37. The highest BCUT2D eigenvalue weighted by molar-refractivity contribution is 5.91. The molecule has 0 saturated heterocycles. The van der Waals surface area contributed by atoms with Gasteiger partial charge in [-0.15, -0.1) is 5.10 Å². The molecule has 35 heavy (non-hydrogen) atoms. The van der Waals surface area contributed by atoms with Crippen molar-refractivity contribution in [1.82, 2.24) is 19.6 Å². The molecule has 0 spiro atoms. The van der Waals surface area contributed by atoms with Crippen LogP contribution in [0.1, 0.15) is 22.6 Å². The molecule has 0 radical (unpaired) electrons. The van der Waals surface area contributed by atoms with Crippen LogP contribution < -0.4 is 9.47 Å². The minimum Gasteiger partial charge on any atom is -0.497 e. The number of ether oxygens (including phenoxy) is 2. The minimum atomic E-state index is -0.131. The highest BCUT2D eigenvalue weighted by atomic mass is 16.5. The van der Waals surface area contributed by atoms with E-state index in [1.54, 1.807) is 18.0 Å². The molecule has 0 fully saturated rings. The van der Waals surface area contributed by atoms with Gasteiger partial charge < -0.3 is 9.47 Å². The van der Waals surface area contributed by atoms with Crippen LogP contribution in [0.4, 0.5) is 0 Å². The van der Waals surface area contributed by atoms with Crippen LogP contribution in [-0.4, -0.2) is 26.7 Å². The molecule has 1 aliphatic rings. The van der Waals surface area contributed by atoms with Gasteiger partial charge >= 0.3 is 0 Å². The molecule has 6 aromatic rings. The van der Waals surface area contributed by atoms with Crippen LogP contribution in [0.25, 0.3) is 27.8 Å². The Kier molecular flexibility index (Phi) is 4.32. The number of hydrogen-bond acceptors (Lipinski definition) is 5. The third-order valence-corrected chi connectivity index (χ3v) is 6.58. The Morgan fingerprint density at radius 3 is 2.49 bits per heavy atom. The van der Waals surface area contributed by atoms with E-state index in [4.69, 9.17) is 19.6 Å². The lowest BCUT2D eigenvalue weighted by molar-refractivity contribution is 0.414. The highest BCUT2D eigenvalue weighted by Crippen LogP contribution is 2.50. The molecule has 0 bridgehead atoms. The van der Waals surface area contributed by atoms with Gasteiger partial charge in [0.2, 0.25) is 5.88 Å². The summed E-state index contributed by atoms with van der Waals surface area (Å²) in [5.74, 6) is 2.71. The van der Waals surface area contributed by atoms with E-state index in [-0.39, 0.29) is 5.92 Å². The molecule has 0 aliphatic carbocycles. The van der Waals surface area contributed by atoms with E-state index in [2.05, 4.69) is 41.4 Å². The summed E-state index contributed by atoms with van der Waals surface area (Å²) in [5.41, 5.74) is 4.75. The fourth-order valence-corrected chi connectivity index (χ4v) is 4.90. The Balaban J connectivity index is 1.51. The van der Waals surface area contributed by atoms with Crippen molar-refractivity contribution in [2.24, 2.45) is 0 Å². The van der Waals surface area contributed by atoms with Crippen LogP contribution in [0.2, 0.25) is 0 Å². The smallest absolute Gasteiger partial charge is 0.228 e. The van der Waals surface area contributed by atoms with Gasteiger partial charge in [-0.3, -0.25) is 0 Å². The maximum Gasteiger partial charge on any atom is 0.228 e. The standard InChI is InChI=1S/C29H20N4O2/c1-34-21-14-11-19(12-15-21)24-23-16-13-18-7-5-6-10-22(18)26(23)35-29-25(24)28-31-27(32-33(28)17-30-29)20-8-3-2-4-9-20/h2-17,24H,1H3/t24-/m1/s1. The molecule has 4 aromatic carbocycles. The number of aromatic nitrogens is 4. The zero-order valence-electron chi connectivity index (χ0n) is 18.9. The van der Waals surface area contributed by atoms with E-state index in [0.29, 0.717) is 11.7 Å². The largest absolute Gasteiger partial charge is 0.497 e.